The van der Waals surface area contributed by atoms with Gasteiger partial charge in [0.1, 0.15) is 18.5 Å². The lowest BCUT2D eigenvalue weighted by Gasteiger charge is -2.21. The number of rotatable bonds is 11. The van der Waals surface area contributed by atoms with Gasteiger partial charge in [-0.05, 0) is 35.9 Å². The van der Waals surface area contributed by atoms with E-state index in [0.29, 0.717) is 25.8 Å². The maximum absolute atomic E-state index is 11.5. The number of carbonyl (C=O) groups is 1. The van der Waals surface area contributed by atoms with Gasteiger partial charge in [-0.25, -0.2) is 0 Å². The molecule has 0 radical (unpaired) electrons. The third-order valence-electron chi connectivity index (χ3n) is 5.52. The second kappa shape index (κ2) is 11.5. The summed E-state index contributed by atoms with van der Waals surface area (Å²) in [6.07, 6.45) is -0.129. The van der Waals surface area contributed by atoms with Gasteiger partial charge >= 0.3 is 0 Å². The molecule has 7 heteroatoms. The summed E-state index contributed by atoms with van der Waals surface area (Å²) in [4.78, 5) is 15.0. The SMILES string of the molecule is CC(C)NC[C@H](COc1cccc2[nH]c3ccccc3c12)OCc1ccc(NC(=O)CBr)cc1. The van der Waals surface area contributed by atoms with Crippen LogP contribution in [0, 0.1) is 0 Å². The van der Waals surface area contributed by atoms with Crippen LogP contribution < -0.4 is 15.4 Å². The van der Waals surface area contributed by atoms with Gasteiger partial charge in [-0.2, -0.15) is 0 Å². The molecule has 178 valence electrons. The van der Waals surface area contributed by atoms with Crippen molar-refractivity contribution in [2.45, 2.75) is 32.6 Å². The van der Waals surface area contributed by atoms with Gasteiger partial charge in [-0.1, -0.05) is 66.2 Å². The van der Waals surface area contributed by atoms with E-state index in [9.17, 15) is 4.79 Å². The summed E-state index contributed by atoms with van der Waals surface area (Å²) in [6, 6.07) is 22.4. The van der Waals surface area contributed by atoms with Gasteiger partial charge in [0, 0.05) is 34.6 Å². The Kier molecular flexibility index (Phi) is 8.21. The zero-order valence-electron chi connectivity index (χ0n) is 19.4. The van der Waals surface area contributed by atoms with E-state index < -0.39 is 0 Å². The second-order valence-electron chi connectivity index (χ2n) is 8.53. The average molecular weight is 524 g/mol. The van der Waals surface area contributed by atoms with Crippen LogP contribution in [0.25, 0.3) is 21.8 Å². The number of carbonyl (C=O) groups excluding carboxylic acids is 1. The Bertz CT molecular complexity index is 1240. The van der Waals surface area contributed by atoms with Gasteiger partial charge in [-0.3, -0.25) is 4.79 Å². The molecule has 0 fully saturated rings. The van der Waals surface area contributed by atoms with Crippen molar-refractivity contribution < 1.29 is 14.3 Å². The summed E-state index contributed by atoms with van der Waals surface area (Å²) in [7, 11) is 0. The maximum Gasteiger partial charge on any atom is 0.235 e. The number of hydrogen-bond acceptors (Lipinski definition) is 4. The highest BCUT2D eigenvalue weighted by Crippen LogP contribution is 2.33. The van der Waals surface area contributed by atoms with E-state index in [0.717, 1.165) is 38.8 Å². The summed E-state index contributed by atoms with van der Waals surface area (Å²) in [5.41, 5.74) is 3.95. The van der Waals surface area contributed by atoms with Crippen molar-refractivity contribution in [3.63, 3.8) is 0 Å². The first-order chi connectivity index (χ1) is 16.5. The fourth-order valence-corrected chi connectivity index (χ4v) is 3.94. The molecule has 0 aliphatic rings. The first-order valence-electron chi connectivity index (χ1n) is 11.5. The van der Waals surface area contributed by atoms with E-state index in [1.54, 1.807) is 0 Å². The highest BCUT2D eigenvalue weighted by Gasteiger charge is 2.15. The topological polar surface area (TPSA) is 75.4 Å². The van der Waals surface area contributed by atoms with E-state index in [-0.39, 0.29) is 17.3 Å². The molecule has 0 aliphatic heterocycles. The van der Waals surface area contributed by atoms with Gasteiger partial charge in [0.05, 0.1) is 17.5 Å². The standard InChI is InChI=1S/C27H30BrN3O3/c1-18(2)29-15-21(33-16-19-10-12-20(13-11-19)30-26(32)14-28)17-34-25-9-5-8-24-27(25)22-6-3-4-7-23(22)31-24/h3-13,18,21,29,31H,14-17H2,1-2H3,(H,30,32)/t21-/m1/s1. The minimum absolute atomic E-state index is 0.0776. The lowest BCUT2D eigenvalue weighted by atomic mass is 10.1. The van der Waals surface area contributed by atoms with E-state index in [1.807, 2.05) is 48.5 Å². The molecule has 1 aromatic heterocycles. The lowest BCUT2D eigenvalue weighted by Crippen LogP contribution is -2.37. The largest absolute Gasteiger partial charge is 0.490 e. The molecule has 0 aliphatic carbocycles. The fourth-order valence-electron chi connectivity index (χ4n) is 3.80. The Morgan fingerprint density at radius 1 is 1.00 bits per heavy atom. The number of ether oxygens (including phenoxy) is 2. The van der Waals surface area contributed by atoms with Gasteiger partial charge in [-0.15, -0.1) is 0 Å². The number of nitrogens with one attached hydrogen (secondary N) is 3. The van der Waals surface area contributed by atoms with Crippen LogP contribution in [0.1, 0.15) is 19.4 Å². The van der Waals surface area contributed by atoms with Crippen molar-refractivity contribution in [1.29, 1.82) is 0 Å². The van der Waals surface area contributed by atoms with Crippen molar-refractivity contribution in [3.8, 4) is 5.75 Å². The number of anilines is 1. The molecule has 1 atom stereocenters. The monoisotopic (exact) mass is 523 g/mol. The molecule has 1 amide bonds. The fraction of sp³-hybridized carbons (Fsp3) is 0.296. The molecule has 0 saturated heterocycles. The highest BCUT2D eigenvalue weighted by atomic mass is 79.9. The normalized spacial score (nSPS) is 12.4. The number of hydrogen-bond donors (Lipinski definition) is 3. The molecule has 0 saturated carbocycles. The maximum atomic E-state index is 11.5. The first-order valence-corrected chi connectivity index (χ1v) is 12.6. The Hall–Kier alpha value is -2.87. The van der Waals surface area contributed by atoms with Crippen LogP contribution in [-0.4, -0.2) is 41.5 Å². The molecule has 34 heavy (non-hydrogen) atoms. The van der Waals surface area contributed by atoms with Gasteiger partial charge in [0.25, 0.3) is 0 Å². The van der Waals surface area contributed by atoms with Crippen LogP contribution in [0.2, 0.25) is 0 Å². The number of aromatic nitrogens is 1. The van der Waals surface area contributed by atoms with E-state index in [4.69, 9.17) is 9.47 Å². The van der Waals surface area contributed by atoms with Crippen LogP contribution in [0.4, 0.5) is 5.69 Å². The summed E-state index contributed by atoms with van der Waals surface area (Å²) in [5.74, 6) is 0.770. The van der Waals surface area contributed by atoms with Crippen LogP contribution >= 0.6 is 15.9 Å². The van der Waals surface area contributed by atoms with Crippen molar-refractivity contribution in [1.82, 2.24) is 10.3 Å². The third-order valence-corrected chi connectivity index (χ3v) is 6.02. The molecule has 3 N–H and O–H groups in total. The molecule has 4 aromatic rings. The minimum atomic E-state index is -0.129. The summed E-state index contributed by atoms with van der Waals surface area (Å²) in [5, 5.41) is 8.79. The van der Waals surface area contributed by atoms with Crippen molar-refractivity contribution in [2.24, 2.45) is 0 Å². The number of benzene rings is 3. The number of halogens is 1. The zero-order valence-corrected chi connectivity index (χ0v) is 21.0. The number of para-hydroxylation sites is 1. The Balaban J connectivity index is 1.43. The second-order valence-corrected chi connectivity index (χ2v) is 9.10. The van der Waals surface area contributed by atoms with Crippen LogP contribution in [0.15, 0.2) is 66.7 Å². The molecule has 0 unspecified atom stereocenters. The van der Waals surface area contributed by atoms with Gasteiger partial charge in [0.15, 0.2) is 0 Å². The van der Waals surface area contributed by atoms with Crippen LogP contribution in [0.3, 0.4) is 0 Å². The molecule has 6 nitrogen and oxygen atoms in total. The summed E-state index contributed by atoms with van der Waals surface area (Å²) >= 11 is 3.15. The minimum Gasteiger partial charge on any atom is -0.490 e. The molecule has 4 rings (SSSR count). The number of alkyl halides is 1. The van der Waals surface area contributed by atoms with E-state index >= 15 is 0 Å². The number of H-pyrrole nitrogens is 1. The average Bonchev–Trinajstić information content (AvgIpc) is 3.23. The quantitative estimate of drug-likeness (QED) is 0.223. The molecule has 1 heterocycles. The third kappa shape index (κ3) is 6.17. The Morgan fingerprint density at radius 3 is 2.53 bits per heavy atom. The zero-order chi connectivity index (χ0) is 23.9. The van der Waals surface area contributed by atoms with Gasteiger partial charge < -0.3 is 25.1 Å². The van der Waals surface area contributed by atoms with Crippen molar-refractivity contribution >= 4 is 49.3 Å². The van der Waals surface area contributed by atoms with Crippen molar-refractivity contribution in [2.75, 3.05) is 23.8 Å². The van der Waals surface area contributed by atoms with Crippen molar-refractivity contribution in [3.05, 3.63) is 72.3 Å². The molecule has 0 bridgehead atoms. The van der Waals surface area contributed by atoms with Crippen LogP contribution in [0.5, 0.6) is 5.75 Å². The summed E-state index contributed by atoms with van der Waals surface area (Å²) in [6.45, 7) is 5.80. The molecular weight excluding hydrogens is 494 g/mol. The molecule has 3 aromatic carbocycles. The predicted molar refractivity (Wildman–Crippen MR) is 142 cm³/mol. The number of aromatic amines is 1. The smallest absolute Gasteiger partial charge is 0.235 e. The van der Waals surface area contributed by atoms with E-state index in [1.165, 1.54) is 0 Å². The Morgan fingerprint density at radius 2 is 1.76 bits per heavy atom. The molecular formula is C27H30BrN3O3. The Labute approximate surface area is 208 Å². The first kappa shape index (κ1) is 24.3. The molecule has 0 spiro atoms. The number of amides is 1. The predicted octanol–water partition coefficient (Wildman–Crippen LogP) is 5.62. The van der Waals surface area contributed by atoms with Gasteiger partial charge in [0.2, 0.25) is 5.91 Å². The highest BCUT2D eigenvalue weighted by molar-refractivity contribution is 9.09. The number of fused-ring (bicyclic) bond motifs is 3. The summed E-state index contributed by atoms with van der Waals surface area (Å²) < 4.78 is 12.5. The lowest BCUT2D eigenvalue weighted by molar-refractivity contribution is -0.113. The van der Waals surface area contributed by atoms with E-state index in [2.05, 4.69) is 63.6 Å². The van der Waals surface area contributed by atoms with Crippen LogP contribution in [-0.2, 0) is 16.1 Å².